The Morgan fingerprint density at radius 1 is 0.800 bits per heavy atom. The molecule has 0 unspecified atom stereocenters. The molecule has 0 aromatic rings. The number of hydrogen-bond donors (Lipinski definition) is 0. The molecule has 0 amide bonds. The second-order valence-electron chi connectivity index (χ2n) is 0.447. The molecule has 0 atom stereocenters. The fourth-order valence-electron chi connectivity index (χ4n) is 0. The first-order chi connectivity index (χ1) is 3.46. The summed E-state index contributed by atoms with van der Waals surface area (Å²) in [7, 11) is 0. The predicted octanol–water partition coefficient (Wildman–Crippen LogP) is -0.483. The van der Waals surface area contributed by atoms with Gasteiger partial charge in [-0.2, -0.15) is 0 Å². The minimum absolute atomic E-state index is 0. The van der Waals surface area contributed by atoms with E-state index in [-0.39, 0.29) is 41.5 Å². The summed E-state index contributed by atoms with van der Waals surface area (Å²) in [5.41, 5.74) is 0. The van der Waals surface area contributed by atoms with E-state index in [2.05, 4.69) is 0 Å². The third kappa shape index (κ3) is 5680. The van der Waals surface area contributed by atoms with Gasteiger partial charge in [0.2, 0.25) is 0 Å². The Morgan fingerprint density at radius 2 is 0.800 bits per heavy atom. The third-order valence-electron chi connectivity index (χ3n) is 0. The molecule has 0 saturated carbocycles. The zero-order valence-electron chi connectivity index (χ0n) is 3.98. The van der Waals surface area contributed by atoms with Crippen LogP contribution in [0.1, 0.15) is 0 Å². The molecule has 0 aromatic carbocycles. The van der Waals surface area contributed by atoms with Gasteiger partial charge in [0, 0.05) is 21.1 Å². The first-order valence-electron chi connectivity index (χ1n) is 1.10. The maximum Gasteiger partial charge on any atom is 2.00 e. The van der Waals surface area contributed by atoms with E-state index < -0.39 is 10.2 Å². The van der Waals surface area contributed by atoms with E-state index >= 15 is 0 Å². The molecule has 8 nitrogen and oxygen atoms in total. The van der Waals surface area contributed by atoms with Crippen molar-refractivity contribution in [2.24, 2.45) is 0 Å². The van der Waals surface area contributed by atoms with Crippen molar-refractivity contribution in [3.8, 4) is 0 Å². The Hall–Kier alpha value is -0.249. The van der Waals surface area contributed by atoms with Gasteiger partial charge in [0.05, 0.1) is 10.2 Å². The smallest absolute Gasteiger partial charge is 0.356 e. The Balaban J connectivity index is -0.0000000300. The predicted molar refractivity (Wildman–Crippen MR) is 20.7 cm³/mol. The second-order valence-corrected chi connectivity index (χ2v) is 0.447. The van der Waals surface area contributed by atoms with Crippen LogP contribution in [0.4, 0.5) is 0 Å². The van der Waals surface area contributed by atoms with Gasteiger partial charge in [-0.25, -0.2) is 0 Å². The monoisotopic (exact) mass is 425 g/mol. The van der Waals surface area contributed by atoms with Gasteiger partial charge in [-0.15, -0.1) is 0 Å². The topological polar surface area (TPSA) is 132 Å². The molecule has 10 heavy (non-hydrogen) atoms. The molecular weight excluding hydrogens is 426 g/mol. The molecule has 0 aliphatic rings. The average Bonchev–Trinajstić information content (AvgIpc) is 1.25. The molecule has 0 saturated heterocycles. The molecule has 10 heteroatoms. The van der Waals surface area contributed by atoms with Crippen molar-refractivity contribution < 1.29 is 51.7 Å². The minimum atomic E-state index is -1.75. The van der Waals surface area contributed by atoms with Crippen molar-refractivity contribution in [3.63, 3.8) is 0 Å². The Kier molecular flexibility index (Phi) is 35.9. The molecule has 0 spiro atoms. The van der Waals surface area contributed by atoms with E-state index in [1.54, 1.807) is 0 Å². The van der Waals surface area contributed by atoms with Crippen LogP contribution < -0.4 is 0 Å². The van der Waals surface area contributed by atoms with E-state index in [4.69, 9.17) is 30.6 Å². The SMILES string of the molecule is O=[N+]([O-])[O-].O=[N+]([O-])[O-].[Pd+2].[Pt]. The molecule has 0 radical (unpaired) electrons. The van der Waals surface area contributed by atoms with Crippen LogP contribution in [0.3, 0.4) is 0 Å². The molecule has 0 aliphatic carbocycles. The number of rotatable bonds is 0. The van der Waals surface area contributed by atoms with Crippen molar-refractivity contribution in [2.45, 2.75) is 0 Å². The average molecular weight is 426 g/mol. The van der Waals surface area contributed by atoms with E-state index in [1.807, 2.05) is 0 Å². The molecule has 0 heterocycles. The Bertz CT molecular complexity index is 73.7. The minimum Gasteiger partial charge on any atom is -0.356 e. The van der Waals surface area contributed by atoms with Crippen LogP contribution in [0.2, 0.25) is 0 Å². The summed E-state index contributed by atoms with van der Waals surface area (Å²) in [6.07, 6.45) is 0. The molecule has 0 fully saturated rings. The Morgan fingerprint density at radius 3 is 0.800 bits per heavy atom. The molecule has 0 aromatic heterocycles. The second kappa shape index (κ2) is 15.9. The zero-order valence-corrected chi connectivity index (χ0v) is 7.80. The summed E-state index contributed by atoms with van der Waals surface area (Å²) >= 11 is 0. The van der Waals surface area contributed by atoms with Gasteiger partial charge in [-0.3, -0.25) is 0 Å². The quantitative estimate of drug-likeness (QED) is 0.292. The van der Waals surface area contributed by atoms with Crippen LogP contribution in [0.15, 0.2) is 0 Å². The fraction of sp³-hybridized carbons (Fsp3) is 0. The van der Waals surface area contributed by atoms with Gasteiger partial charge in [0.25, 0.3) is 0 Å². The molecule has 0 rings (SSSR count). The van der Waals surface area contributed by atoms with E-state index in [0.717, 1.165) is 0 Å². The normalized spacial score (nSPS) is 4.80. The summed E-state index contributed by atoms with van der Waals surface area (Å²) in [6.45, 7) is 0. The van der Waals surface area contributed by atoms with Crippen LogP contribution in [0, 0.1) is 30.6 Å². The maximum atomic E-state index is 8.25. The van der Waals surface area contributed by atoms with Crippen LogP contribution in [-0.4, -0.2) is 10.2 Å². The van der Waals surface area contributed by atoms with Crippen molar-refractivity contribution >= 4 is 0 Å². The van der Waals surface area contributed by atoms with Gasteiger partial charge >= 0.3 is 20.4 Å². The van der Waals surface area contributed by atoms with E-state index in [0.29, 0.717) is 0 Å². The van der Waals surface area contributed by atoms with Gasteiger partial charge in [0.15, 0.2) is 0 Å². The number of hydrogen-bond acceptors (Lipinski definition) is 6. The summed E-state index contributed by atoms with van der Waals surface area (Å²) in [6, 6.07) is 0. The molecule has 0 bridgehead atoms. The summed E-state index contributed by atoms with van der Waals surface area (Å²) in [4.78, 5) is 16.5. The van der Waals surface area contributed by atoms with Crippen molar-refractivity contribution in [1.82, 2.24) is 0 Å². The molecule has 66 valence electrons. The van der Waals surface area contributed by atoms with Gasteiger partial charge in [-0.1, -0.05) is 0 Å². The summed E-state index contributed by atoms with van der Waals surface area (Å²) in [5.74, 6) is 0. The molecule has 0 aliphatic heterocycles. The summed E-state index contributed by atoms with van der Waals surface area (Å²) < 4.78 is 0. The van der Waals surface area contributed by atoms with Crippen molar-refractivity contribution in [2.75, 3.05) is 0 Å². The van der Waals surface area contributed by atoms with E-state index in [1.165, 1.54) is 0 Å². The Labute approximate surface area is 82.3 Å². The van der Waals surface area contributed by atoms with E-state index in [9.17, 15) is 0 Å². The zero-order chi connectivity index (χ0) is 7.15. The van der Waals surface area contributed by atoms with Crippen LogP contribution in [0.25, 0.3) is 0 Å². The molecule has 0 N–H and O–H groups in total. The first kappa shape index (κ1) is 22.6. The maximum absolute atomic E-state index is 8.25. The largest absolute Gasteiger partial charge is 2.00 e. The summed E-state index contributed by atoms with van der Waals surface area (Å²) in [5, 5.41) is 29.5. The van der Waals surface area contributed by atoms with Gasteiger partial charge in [0.1, 0.15) is 0 Å². The van der Waals surface area contributed by atoms with Crippen LogP contribution >= 0.6 is 0 Å². The first-order valence-corrected chi connectivity index (χ1v) is 1.10. The van der Waals surface area contributed by atoms with Crippen molar-refractivity contribution in [1.29, 1.82) is 0 Å². The van der Waals surface area contributed by atoms with Gasteiger partial charge in [-0.05, 0) is 0 Å². The van der Waals surface area contributed by atoms with Crippen LogP contribution in [-0.2, 0) is 41.5 Å². The standard InChI is InChI=1S/2NO3.Pd.Pt/c2*2-1(3)4;;/q2*-1;+2;. The fourth-order valence-corrected chi connectivity index (χ4v) is 0. The van der Waals surface area contributed by atoms with Crippen molar-refractivity contribution in [3.05, 3.63) is 30.6 Å². The van der Waals surface area contributed by atoms with Crippen LogP contribution in [0.5, 0.6) is 0 Å². The third-order valence-corrected chi connectivity index (χ3v) is 0. The molecular formula is N2O6PdPt. The van der Waals surface area contributed by atoms with Gasteiger partial charge < -0.3 is 30.6 Å². The number of nitrogens with zero attached hydrogens (tertiary/aromatic N) is 2.